The van der Waals surface area contributed by atoms with Crippen molar-refractivity contribution in [1.29, 1.82) is 0 Å². The molecule has 0 aromatic carbocycles. The fraction of sp³-hybridized carbons (Fsp3) is 0.937. The van der Waals surface area contributed by atoms with Crippen LogP contribution in [0.15, 0.2) is 0 Å². The molecule has 0 aliphatic carbocycles. The van der Waals surface area contributed by atoms with Crippen molar-refractivity contribution < 1.29 is 80.2 Å². The molecule has 486 valence electrons. The van der Waals surface area contributed by atoms with Gasteiger partial charge < -0.3 is 33.8 Å². The van der Waals surface area contributed by atoms with Crippen LogP contribution in [0.25, 0.3) is 0 Å². The molecule has 0 radical (unpaired) electrons. The molecule has 82 heavy (non-hydrogen) atoms. The SMILES string of the molecule is CCCCCCCCCCCCCCCCCCCCC(=O)O[C@H](COC(=O)CCCCCCCCC(C)CC)COP(=O)(O)OC[C@@H](O)COP(=O)(O)OC[C@@H](COC(=O)CCCCCCC)OC(=O)CCCCCCCCCCC. The summed E-state index contributed by atoms with van der Waals surface area (Å²) in [5, 5.41) is 10.5. The lowest BCUT2D eigenvalue weighted by atomic mass is 10.00. The number of hydrogen-bond donors (Lipinski definition) is 3. The number of carbonyl (C=O) groups is 4. The molecule has 0 spiro atoms. The van der Waals surface area contributed by atoms with Gasteiger partial charge in [0.2, 0.25) is 0 Å². The molecule has 0 aromatic heterocycles. The number of ether oxygens (including phenoxy) is 4. The maximum absolute atomic E-state index is 13.0. The van der Waals surface area contributed by atoms with E-state index in [-0.39, 0.29) is 25.7 Å². The number of carbonyl (C=O) groups excluding carboxylic acids is 4. The highest BCUT2D eigenvalue weighted by atomic mass is 31.2. The smallest absolute Gasteiger partial charge is 0.462 e. The lowest BCUT2D eigenvalue weighted by molar-refractivity contribution is -0.161. The van der Waals surface area contributed by atoms with E-state index in [9.17, 15) is 43.2 Å². The van der Waals surface area contributed by atoms with Gasteiger partial charge >= 0.3 is 39.5 Å². The van der Waals surface area contributed by atoms with E-state index < -0.39 is 97.5 Å². The minimum atomic E-state index is -4.94. The molecule has 3 unspecified atom stereocenters. The van der Waals surface area contributed by atoms with Gasteiger partial charge in [0.15, 0.2) is 12.2 Å². The summed E-state index contributed by atoms with van der Waals surface area (Å²) in [6.07, 6.45) is 40.8. The molecule has 0 saturated heterocycles. The number of aliphatic hydroxyl groups is 1. The molecule has 0 aliphatic rings. The van der Waals surface area contributed by atoms with Crippen LogP contribution in [0.2, 0.25) is 0 Å². The minimum absolute atomic E-state index is 0.105. The molecule has 3 N–H and O–H groups in total. The molecule has 0 bridgehead atoms. The number of esters is 4. The van der Waals surface area contributed by atoms with Gasteiger partial charge in [-0.25, -0.2) is 9.13 Å². The number of phosphoric acid groups is 2. The zero-order chi connectivity index (χ0) is 60.6. The number of unbranched alkanes of at least 4 members (excludes halogenated alkanes) is 34. The fourth-order valence-corrected chi connectivity index (χ4v) is 11.0. The maximum Gasteiger partial charge on any atom is 0.472 e. The monoisotopic (exact) mass is 1210 g/mol. The Morgan fingerprint density at radius 2 is 0.585 bits per heavy atom. The van der Waals surface area contributed by atoms with Crippen molar-refractivity contribution in [3.8, 4) is 0 Å². The van der Waals surface area contributed by atoms with Gasteiger partial charge in [-0.2, -0.15) is 0 Å². The molecule has 0 aliphatic heterocycles. The molecule has 0 heterocycles. The largest absolute Gasteiger partial charge is 0.472 e. The maximum atomic E-state index is 13.0. The van der Waals surface area contributed by atoms with Crippen LogP contribution in [0.4, 0.5) is 0 Å². The number of rotatable bonds is 63. The van der Waals surface area contributed by atoms with Gasteiger partial charge in [-0.05, 0) is 31.6 Å². The predicted molar refractivity (Wildman–Crippen MR) is 326 cm³/mol. The summed E-state index contributed by atoms with van der Waals surface area (Å²) < 4.78 is 67.7. The van der Waals surface area contributed by atoms with E-state index in [1.165, 1.54) is 128 Å². The van der Waals surface area contributed by atoms with Crippen molar-refractivity contribution in [3.63, 3.8) is 0 Å². The van der Waals surface area contributed by atoms with Crippen LogP contribution in [0.5, 0.6) is 0 Å². The second kappa shape index (κ2) is 56.8. The first-order valence-corrected chi connectivity index (χ1v) is 36.2. The minimum Gasteiger partial charge on any atom is -0.462 e. The van der Waals surface area contributed by atoms with Crippen molar-refractivity contribution in [3.05, 3.63) is 0 Å². The number of phosphoric ester groups is 2. The van der Waals surface area contributed by atoms with Crippen LogP contribution < -0.4 is 0 Å². The van der Waals surface area contributed by atoms with Crippen LogP contribution >= 0.6 is 15.6 Å². The number of aliphatic hydroxyl groups excluding tert-OH is 1. The predicted octanol–water partition coefficient (Wildman–Crippen LogP) is 17.4. The third kappa shape index (κ3) is 55.9. The van der Waals surface area contributed by atoms with E-state index in [2.05, 4.69) is 34.6 Å². The highest BCUT2D eigenvalue weighted by Gasteiger charge is 2.30. The lowest BCUT2D eigenvalue weighted by Gasteiger charge is -2.21. The van der Waals surface area contributed by atoms with Crippen LogP contribution in [-0.2, 0) is 65.4 Å². The van der Waals surface area contributed by atoms with Crippen LogP contribution in [0.1, 0.15) is 317 Å². The van der Waals surface area contributed by atoms with Crippen molar-refractivity contribution >= 4 is 39.5 Å². The van der Waals surface area contributed by atoms with E-state index in [4.69, 9.17) is 37.0 Å². The van der Waals surface area contributed by atoms with E-state index in [0.717, 1.165) is 109 Å². The molecule has 0 rings (SSSR count). The summed E-state index contributed by atoms with van der Waals surface area (Å²) in [4.78, 5) is 71.8. The fourth-order valence-electron chi connectivity index (χ4n) is 9.37. The highest BCUT2D eigenvalue weighted by Crippen LogP contribution is 2.45. The van der Waals surface area contributed by atoms with Gasteiger partial charge in [0.05, 0.1) is 26.4 Å². The zero-order valence-electron chi connectivity index (χ0n) is 52.6. The molecule has 19 heteroatoms. The second-order valence-electron chi connectivity index (χ2n) is 23.0. The Labute approximate surface area is 498 Å². The summed E-state index contributed by atoms with van der Waals surface area (Å²) in [6.45, 7) is 7.04. The standard InChI is InChI=1S/C63H122O17P2/c1-6-10-13-16-18-20-21-22-23-24-25-26-27-28-30-32-39-44-49-63(68)80-59(53-74-61(66)47-42-37-34-33-36-40-45-56(5)9-4)55-78-82(71,72)76-51-57(64)50-75-81(69,70)77-54-58(52-73-60(65)46-41-35-15-12-8-3)79-62(67)48-43-38-31-29-19-17-14-11-7-2/h56-59,64H,6-55H2,1-5H3,(H,69,70)(H,71,72)/t56?,57-,58+,59+/m0/s1. The van der Waals surface area contributed by atoms with E-state index in [1.807, 2.05) is 0 Å². The second-order valence-corrected chi connectivity index (χ2v) is 25.9. The van der Waals surface area contributed by atoms with Crippen molar-refractivity contribution in [2.75, 3.05) is 39.6 Å². The van der Waals surface area contributed by atoms with Crippen LogP contribution in [0, 0.1) is 5.92 Å². The Morgan fingerprint density at radius 1 is 0.341 bits per heavy atom. The Hall–Kier alpha value is -1.94. The lowest BCUT2D eigenvalue weighted by Crippen LogP contribution is -2.30. The third-order valence-electron chi connectivity index (χ3n) is 14.9. The van der Waals surface area contributed by atoms with Crippen molar-refractivity contribution in [2.24, 2.45) is 5.92 Å². The molecule has 0 amide bonds. The van der Waals surface area contributed by atoms with Gasteiger partial charge in [-0.15, -0.1) is 0 Å². The molecular formula is C63H122O17P2. The molecule has 6 atom stereocenters. The topological polar surface area (TPSA) is 237 Å². The van der Waals surface area contributed by atoms with Crippen LogP contribution in [0.3, 0.4) is 0 Å². The summed E-state index contributed by atoms with van der Waals surface area (Å²) in [7, 11) is -9.87. The molecular weight excluding hydrogens is 1090 g/mol. The van der Waals surface area contributed by atoms with Gasteiger partial charge in [-0.1, -0.05) is 266 Å². The van der Waals surface area contributed by atoms with Gasteiger partial charge in [0, 0.05) is 25.7 Å². The Morgan fingerprint density at radius 3 is 0.866 bits per heavy atom. The van der Waals surface area contributed by atoms with Crippen molar-refractivity contribution in [2.45, 2.75) is 335 Å². The first-order valence-electron chi connectivity index (χ1n) is 33.2. The molecule has 17 nitrogen and oxygen atoms in total. The van der Waals surface area contributed by atoms with E-state index in [0.29, 0.717) is 25.7 Å². The van der Waals surface area contributed by atoms with Crippen LogP contribution in [-0.4, -0.2) is 96.7 Å². The van der Waals surface area contributed by atoms with Gasteiger partial charge in [-0.3, -0.25) is 37.3 Å². The summed E-state index contributed by atoms with van der Waals surface area (Å²) in [5.41, 5.74) is 0. The summed E-state index contributed by atoms with van der Waals surface area (Å²) in [6, 6.07) is 0. The average Bonchev–Trinajstić information content (AvgIpc) is 3.49. The van der Waals surface area contributed by atoms with Crippen molar-refractivity contribution in [1.82, 2.24) is 0 Å². The van der Waals surface area contributed by atoms with E-state index in [1.54, 1.807) is 0 Å². The quantitative estimate of drug-likeness (QED) is 0.0222. The first-order chi connectivity index (χ1) is 39.6. The number of hydrogen-bond acceptors (Lipinski definition) is 15. The van der Waals surface area contributed by atoms with E-state index >= 15 is 0 Å². The van der Waals surface area contributed by atoms with Gasteiger partial charge in [0.1, 0.15) is 19.3 Å². The molecule has 0 saturated carbocycles. The normalized spacial score (nSPS) is 14.6. The van der Waals surface area contributed by atoms with Gasteiger partial charge in [0.25, 0.3) is 0 Å². The Bertz CT molecular complexity index is 1600. The molecule has 0 fully saturated rings. The Balaban J connectivity index is 5.13. The first kappa shape index (κ1) is 80.1. The summed E-state index contributed by atoms with van der Waals surface area (Å²) in [5.74, 6) is -1.42. The third-order valence-corrected chi connectivity index (χ3v) is 16.8. The highest BCUT2D eigenvalue weighted by molar-refractivity contribution is 7.47. The molecule has 0 aromatic rings. The summed E-state index contributed by atoms with van der Waals surface area (Å²) >= 11 is 0. The Kier molecular flexibility index (Phi) is 55.5. The average molecular weight is 1210 g/mol. The zero-order valence-corrected chi connectivity index (χ0v) is 54.4.